The third-order valence-electron chi connectivity index (χ3n) is 4.45. The predicted molar refractivity (Wildman–Crippen MR) is 96.9 cm³/mol. The highest BCUT2D eigenvalue weighted by Crippen LogP contribution is 2.24. The first-order chi connectivity index (χ1) is 12.1. The van der Waals surface area contributed by atoms with Crippen LogP contribution in [-0.4, -0.2) is 21.6 Å². The lowest BCUT2D eigenvalue weighted by Crippen LogP contribution is -2.26. The molecule has 1 aliphatic carbocycles. The minimum absolute atomic E-state index is 0.0233. The molecule has 2 aromatic rings. The van der Waals surface area contributed by atoms with Crippen LogP contribution in [0.5, 0.6) is 5.88 Å². The van der Waals surface area contributed by atoms with Gasteiger partial charge in [0.05, 0.1) is 0 Å². The van der Waals surface area contributed by atoms with Crippen LogP contribution in [0.15, 0.2) is 28.5 Å². The fraction of sp³-hybridized carbons (Fsp3) is 0.500. The van der Waals surface area contributed by atoms with Crippen LogP contribution in [0.4, 0.5) is 0 Å². The standard InChI is InChI=1S/C18H23N3O3S/c1-13-12-25-18(23)21(13)10-8-16(22)20-11-14-5-4-9-19-17(14)24-15-6-2-3-7-15/h4-5,9,12,15H,2-3,6-8,10-11H2,1H3,(H,20,22). The summed E-state index contributed by atoms with van der Waals surface area (Å²) in [6.45, 7) is 2.66. The molecule has 3 rings (SSSR count). The van der Waals surface area contributed by atoms with Crippen LogP contribution in [0, 0.1) is 6.92 Å². The van der Waals surface area contributed by atoms with Crippen molar-refractivity contribution in [1.82, 2.24) is 14.9 Å². The molecule has 134 valence electrons. The van der Waals surface area contributed by atoms with E-state index in [0.717, 1.165) is 35.4 Å². The molecule has 6 nitrogen and oxygen atoms in total. The number of aromatic nitrogens is 2. The molecule has 1 amide bonds. The lowest BCUT2D eigenvalue weighted by molar-refractivity contribution is -0.121. The minimum Gasteiger partial charge on any atom is -0.474 e. The van der Waals surface area contributed by atoms with Gasteiger partial charge in [-0.1, -0.05) is 17.4 Å². The zero-order chi connectivity index (χ0) is 17.6. The molecule has 0 unspecified atom stereocenters. The first kappa shape index (κ1) is 17.7. The molecule has 0 radical (unpaired) electrons. The largest absolute Gasteiger partial charge is 0.474 e. The number of carbonyl (C=O) groups is 1. The molecular formula is C18H23N3O3S. The summed E-state index contributed by atoms with van der Waals surface area (Å²) in [7, 11) is 0. The first-order valence-electron chi connectivity index (χ1n) is 8.65. The van der Waals surface area contributed by atoms with Crippen LogP contribution in [0.2, 0.25) is 0 Å². The molecule has 0 spiro atoms. The summed E-state index contributed by atoms with van der Waals surface area (Å²) >= 11 is 1.16. The second kappa shape index (κ2) is 8.29. The van der Waals surface area contributed by atoms with Gasteiger partial charge < -0.3 is 14.6 Å². The summed E-state index contributed by atoms with van der Waals surface area (Å²) in [6, 6.07) is 3.77. The number of aryl methyl sites for hydroxylation is 1. The molecule has 1 saturated carbocycles. The molecule has 1 aliphatic rings. The van der Waals surface area contributed by atoms with E-state index in [1.807, 2.05) is 24.4 Å². The van der Waals surface area contributed by atoms with Crippen molar-refractivity contribution in [3.8, 4) is 5.88 Å². The van der Waals surface area contributed by atoms with E-state index in [0.29, 0.717) is 19.0 Å². The van der Waals surface area contributed by atoms with E-state index < -0.39 is 0 Å². The minimum atomic E-state index is -0.0897. The van der Waals surface area contributed by atoms with E-state index in [9.17, 15) is 9.59 Å². The molecule has 0 saturated heterocycles. The Morgan fingerprint density at radius 3 is 2.96 bits per heavy atom. The van der Waals surface area contributed by atoms with Crippen molar-refractivity contribution in [1.29, 1.82) is 0 Å². The number of rotatable bonds is 7. The Morgan fingerprint density at radius 2 is 2.24 bits per heavy atom. The molecule has 0 aromatic carbocycles. The zero-order valence-corrected chi connectivity index (χ0v) is 15.2. The van der Waals surface area contributed by atoms with Gasteiger partial charge in [-0.2, -0.15) is 0 Å². The van der Waals surface area contributed by atoms with Gasteiger partial charge in [0.15, 0.2) is 0 Å². The molecule has 0 atom stereocenters. The lowest BCUT2D eigenvalue weighted by Gasteiger charge is -2.15. The molecule has 0 aliphatic heterocycles. The van der Waals surface area contributed by atoms with E-state index in [-0.39, 0.29) is 23.3 Å². The molecular weight excluding hydrogens is 338 g/mol. The fourth-order valence-corrected chi connectivity index (χ4v) is 3.76. The van der Waals surface area contributed by atoms with Crippen molar-refractivity contribution >= 4 is 17.2 Å². The van der Waals surface area contributed by atoms with E-state index in [4.69, 9.17) is 4.74 Å². The monoisotopic (exact) mass is 361 g/mol. The lowest BCUT2D eigenvalue weighted by atomic mass is 10.2. The average Bonchev–Trinajstić information content (AvgIpc) is 3.23. The molecule has 0 bridgehead atoms. The van der Waals surface area contributed by atoms with Crippen molar-refractivity contribution < 1.29 is 9.53 Å². The molecule has 2 aromatic heterocycles. The Bertz CT molecular complexity index is 778. The predicted octanol–water partition coefficient (Wildman–Crippen LogP) is 2.64. The first-order valence-corrected chi connectivity index (χ1v) is 9.53. The number of hydrogen-bond acceptors (Lipinski definition) is 5. The maximum atomic E-state index is 12.1. The molecule has 1 fully saturated rings. The van der Waals surface area contributed by atoms with Gasteiger partial charge in [0.1, 0.15) is 6.10 Å². The Morgan fingerprint density at radius 1 is 1.44 bits per heavy atom. The Labute approximate surface area is 150 Å². The van der Waals surface area contributed by atoms with Crippen LogP contribution < -0.4 is 14.9 Å². The maximum absolute atomic E-state index is 12.1. The average molecular weight is 361 g/mol. The topological polar surface area (TPSA) is 73.2 Å². The van der Waals surface area contributed by atoms with Crippen LogP contribution in [-0.2, 0) is 17.9 Å². The number of thiazole rings is 1. The summed E-state index contributed by atoms with van der Waals surface area (Å²) in [4.78, 5) is 28.1. The van der Waals surface area contributed by atoms with E-state index in [1.54, 1.807) is 10.8 Å². The van der Waals surface area contributed by atoms with Gasteiger partial charge in [-0.25, -0.2) is 4.98 Å². The quantitative estimate of drug-likeness (QED) is 0.823. The number of nitrogens with one attached hydrogen (secondary N) is 1. The van der Waals surface area contributed by atoms with Gasteiger partial charge in [0.25, 0.3) is 0 Å². The Kier molecular flexibility index (Phi) is 5.86. The summed E-state index contributed by atoms with van der Waals surface area (Å²) in [6.07, 6.45) is 6.75. The number of nitrogens with zero attached hydrogens (tertiary/aromatic N) is 2. The third-order valence-corrected chi connectivity index (χ3v) is 5.33. The van der Waals surface area contributed by atoms with E-state index >= 15 is 0 Å². The molecule has 25 heavy (non-hydrogen) atoms. The number of carbonyl (C=O) groups excluding carboxylic acids is 1. The van der Waals surface area contributed by atoms with Gasteiger partial charge in [0.2, 0.25) is 11.8 Å². The highest BCUT2D eigenvalue weighted by Gasteiger charge is 2.18. The van der Waals surface area contributed by atoms with Crippen molar-refractivity contribution in [3.05, 3.63) is 44.6 Å². The zero-order valence-electron chi connectivity index (χ0n) is 14.4. The highest BCUT2D eigenvalue weighted by atomic mass is 32.1. The van der Waals surface area contributed by atoms with Gasteiger partial charge in [0, 0.05) is 42.3 Å². The van der Waals surface area contributed by atoms with E-state index in [2.05, 4.69) is 10.3 Å². The van der Waals surface area contributed by atoms with Crippen molar-refractivity contribution in [2.24, 2.45) is 0 Å². The van der Waals surface area contributed by atoms with Crippen LogP contribution >= 0.6 is 11.3 Å². The Hall–Kier alpha value is -2.15. The number of ether oxygens (including phenoxy) is 1. The normalized spacial score (nSPS) is 14.6. The van der Waals surface area contributed by atoms with Crippen LogP contribution in [0.25, 0.3) is 0 Å². The number of hydrogen-bond donors (Lipinski definition) is 1. The fourth-order valence-electron chi connectivity index (χ4n) is 3.00. The highest BCUT2D eigenvalue weighted by molar-refractivity contribution is 7.07. The maximum Gasteiger partial charge on any atom is 0.307 e. The van der Waals surface area contributed by atoms with Crippen molar-refractivity contribution in [2.75, 3.05) is 0 Å². The second-order valence-electron chi connectivity index (χ2n) is 6.31. The summed E-state index contributed by atoms with van der Waals surface area (Å²) in [5.74, 6) is 0.521. The van der Waals surface area contributed by atoms with Gasteiger partial charge in [-0.15, -0.1) is 0 Å². The van der Waals surface area contributed by atoms with Gasteiger partial charge >= 0.3 is 4.87 Å². The third kappa shape index (κ3) is 4.69. The Balaban J connectivity index is 1.52. The number of pyridine rings is 1. The van der Waals surface area contributed by atoms with Gasteiger partial charge in [-0.3, -0.25) is 9.59 Å². The summed E-state index contributed by atoms with van der Waals surface area (Å²) in [5, 5.41) is 4.70. The van der Waals surface area contributed by atoms with Crippen LogP contribution in [0.3, 0.4) is 0 Å². The molecule has 2 heterocycles. The summed E-state index contributed by atoms with van der Waals surface area (Å²) in [5.41, 5.74) is 1.77. The number of amides is 1. The van der Waals surface area contributed by atoms with Crippen molar-refractivity contribution in [2.45, 2.75) is 58.2 Å². The summed E-state index contributed by atoms with van der Waals surface area (Å²) < 4.78 is 7.61. The van der Waals surface area contributed by atoms with E-state index in [1.165, 1.54) is 12.8 Å². The molecule has 7 heteroatoms. The molecule has 1 N–H and O–H groups in total. The SMILES string of the molecule is Cc1csc(=O)n1CCC(=O)NCc1cccnc1OC1CCCC1. The smallest absolute Gasteiger partial charge is 0.307 e. The van der Waals surface area contributed by atoms with Crippen molar-refractivity contribution in [3.63, 3.8) is 0 Å². The second-order valence-corrected chi connectivity index (χ2v) is 7.13. The van der Waals surface area contributed by atoms with Gasteiger partial charge in [-0.05, 0) is 38.7 Å². The van der Waals surface area contributed by atoms with Crippen LogP contribution in [0.1, 0.15) is 43.4 Å².